The number of hydrogen-bond donors (Lipinski definition) is 3. The summed E-state index contributed by atoms with van der Waals surface area (Å²) in [7, 11) is 1.55. The summed E-state index contributed by atoms with van der Waals surface area (Å²) in [5.41, 5.74) is -0.162. The summed E-state index contributed by atoms with van der Waals surface area (Å²) in [5, 5.41) is 6.71. The van der Waals surface area contributed by atoms with E-state index in [1.165, 1.54) is 12.1 Å². The van der Waals surface area contributed by atoms with Crippen molar-refractivity contribution in [2.75, 3.05) is 25.6 Å². The van der Waals surface area contributed by atoms with Crippen molar-refractivity contribution >= 4 is 40.8 Å². The van der Waals surface area contributed by atoms with Gasteiger partial charge < -0.3 is 25.1 Å². The summed E-state index contributed by atoms with van der Waals surface area (Å²) in [5.74, 6) is -0.963. The lowest BCUT2D eigenvalue weighted by atomic mass is 9.98. The van der Waals surface area contributed by atoms with Gasteiger partial charge in [0.15, 0.2) is 0 Å². The van der Waals surface area contributed by atoms with E-state index in [0.717, 1.165) is 12.1 Å². The summed E-state index contributed by atoms with van der Waals surface area (Å²) in [6.07, 6.45) is -3.09. The molecule has 39 heavy (non-hydrogen) atoms. The molecule has 0 bridgehead atoms. The first-order chi connectivity index (χ1) is 18.6. The van der Waals surface area contributed by atoms with Gasteiger partial charge in [-0.2, -0.15) is 13.2 Å². The number of ether oxygens (including phenoxy) is 2. The third-order valence-electron chi connectivity index (χ3n) is 6.11. The predicted molar refractivity (Wildman–Crippen MR) is 139 cm³/mol. The highest BCUT2D eigenvalue weighted by molar-refractivity contribution is 6.32. The molecule has 3 N–H and O–H groups in total. The van der Waals surface area contributed by atoms with Crippen molar-refractivity contribution in [1.82, 2.24) is 15.3 Å². The van der Waals surface area contributed by atoms with E-state index in [4.69, 9.17) is 21.1 Å². The molecular formula is C27H26ClF3N4O4. The van der Waals surface area contributed by atoms with Crippen LogP contribution in [-0.2, 0) is 27.1 Å². The number of nitrogens with one attached hydrogen (secondary N) is 3. The number of amides is 2. The fourth-order valence-electron chi connectivity index (χ4n) is 4.15. The number of imidazole rings is 1. The Labute approximate surface area is 226 Å². The highest BCUT2D eigenvalue weighted by Gasteiger charge is 2.35. The molecule has 2 aromatic carbocycles. The van der Waals surface area contributed by atoms with Gasteiger partial charge in [0.2, 0.25) is 0 Å². The number of rotatable bonds is 9. The molecule has 0 saturated heterocycles. The first-order valence-corrected chi connectivity index (χ1v) is 12.4. The van der Waals surface area contributed by atoms with E-state index in [1.807, 2.05) is 0 Å². The Hall–Kier alpha value is -3.67. The van der Waals surface area contributed by atoms with Crippen LogP contribution >= 0.6 is 11.6 Å². The smallest absolute Gasteiger partial charge is 0.382 e. The molecular weight excluding hydrogens is 537 g/mol. The lowest BCUT2D eigenvalue weighted by Crippen LogP contribution is -2.44. The maximum Gasteiger partial charge on any atom is 0.417 e. The van der Waals surface area contributed by atoms with Crippen LogP contribution in [-0.4, -0.2) is 48.1 Å². The number of H-pyrrole nitrogens is 1. The van der Waals surface area contributed by atoms with Crippen LogP contribution in [0.5, 0.6) is 0 Å². The van der Waals surface area contributed by atoms with Crippen molar-refractivity contribution in [2.24, 2.45) is 0 Å². The Morgan fingerprint density at radius 1 is 1.13 bits per heavy atom. The van der Waals surface area contributed by atoms with Crippen LogP contribution in [0.3, 0.4) is 0 Å². The number of fused-ring (bicyclic) bond motifs is 1. The van der Waals surface area contributed by atoms with E-state index in [9.17, 15) is 22.8 Å². The molecule has 8 nitrogen and oxygen atoms in total. The number of aromatic amines is 1. The monoisotopic (exact) mass is 562 g/mol. The summed E-state index contributed by atoms with van der Waals surface area (Å²) >= 11 is 6.19. The topological polar surface area (TPSA) is 105 Å². The number of hydrogen-bond acceptors (Lipinski definition) is 5. The van der Waals surface area contributed by atoms with Gasteiger partial charge in [-0.15, -0.1) is 0 Å². The van der Waals surface area contributed by atoms with Gasteiger partial charge in [0.05, 0.1) is 41.1 Å². The average Bonchev–Trinajstić information content (AvgIpc) is 3.31. The largest absolute Gasteiger partial charge is 0.417 e. The zero-order valence-corrected chi connectivity index (χ0v) is 21.9. The lowest BCUT2D eigenvalue weighted by molar-refractivity contribution is -0.138. The number of anilines is 1. The first kappa shape index (κ1) is 28.3. The lowest BCUT2D eigenvalue weighted by Gasteiger charge is -2.21. The molecule has 1 atom stereocenters. The van der Waals surface area contributed by atoms with E-state index in [2.05, 4.69) is 20.6 Å². The highest BCUT2D eigenvalue weighted by Crippen LogP contribution is 2.32. The number of halogens is 4. The number of nitrogens with zero attached hydrogens (tertiary/aromatic N) is 1. The maximum absolute atomic E-state index is 13.5. The molecule has 0 fully saturated rings. The first-order valence-electron chi connectivity index (χ1n) is 12.0. The molecule has 12 heteroatoms. The normalized spacial score (nSPS) is 14.9. The van der Waals surface area contributed by atoms with Crippen molar-refractivity contribution < 1.29 is 32.2 Å². The van der Waals surface area contributed by atoms with Gasteiger partial charge in [0, 0.05) is 29.8 Å². The van der Waals surface area contributed by atoms with Gasteiger partial charge in [-0.1, -0.05) is 29.8 Å². The minimum absolute atomic E-state index is 0.00675. The Bertz CT molecular complexity index is 1500. The maximum atomic E-state index is 13.5. The molecule has 2 amide bonds. The van der Waals surface area contributed by atoms with Gasteiger partial charge in [0.1, 0.15) is 12.4 Å². The zero-order chi connectivity index (χ0) is 28.2. The molecule has 1 aliphatic rings. The number of methoxy groups -OCH3 is 1. The number of carbonyl (C=O) groups excluding carboxylic acids is 2. The van der Waals surface area contributed by atoms with Crippen LogP contribution in [0.1, 0.15) is 33.7 Å². The van der Waals surface area contributed by atoms with E-state index in [-0.39, 0.29) is 18.6 Å². The molecule has 0 aliphatic heterocycles. The van der Waals surface area contributed by atoms with Gasteiger partial charge >= 0.3 is 6.18 Å². The van der Waals surface area contributed by atoms with Crippen LogP contribution in [0.4, 0.5) is 18.9 Å². The molecule has 4 rings (SSSR count). The summed E-state index contributed by atoms with van der Waals surface area (Å²) in [6, 6.07) is 8.82. The Kier molecular flexibility index (Phi) is 8.73. The minimum Gasteiger partial charge on any atom is -0.382 e. The minimum atomic E-state index is -4.70. The number of benzene rings is 2. The van der Waals surface area contributed by atoms with Crippen molar-refractivity contribution in [3.8, 4) is 0 Å². The van der Waals surface area contributed by atoms with Gasteiger partial charge in [0.25, 0.3) is 11.8 Å². The third-order valence-corrected chi connectivity index (χ3v) is 6.52. The van der Waals surface area contributed by atoms with Crippen molar-refractivity contribution in [3.05, 3.63) is 80.7 Å². The summed E-state index contributed by atoms with van der Waals surface area (Å²) in [6.45, 7) is 2.59. The van der Waals surface area contributed by atoms with Gasteiger partial charge in [-0.05, 0) is 42.8 Å². The van der Waals surface area contributed by atoms with E-state index in [1.54, 1.807) is 38.3 Å². The van der Waals surface area contributed by atoms with E-state index >= 15 is 0 Å². The van der Waals surface area contributed by atoms with Crippen molar-refractivity contribution in [2.45, 2.75) is 32.2 Å². The Morgan fingerprint density at radius 3 is 2.64 bits per heavy atom. The second kappa shape index (κ2) is 12.0. The second-order valence-corrected chi connectivity index (χ2v) is 9.24. The Balaban J connectivity index is 1.66. The molecule has 0 spiro atoms. The number of alkyl halides is 3. The van der Waals surface area contributed by atoms with Crippen LogP contribution in [0.15, 0.2) is 42.5 Å². The van der Waals surface area contributed by atoms with Crippen molar-refractivity contribution in [1.29, 1.82) is 0 Å². The molecule has 1 heterocycles. The molecule has 206 valence electrons. The molecule has 0 radical (unpaired) electrons. The third kappa shape index (κ3) is 6.67. The number of carbonyl (C=O) groups is 2. The Morgan fingerprint density at radius 2 is 1.90 bits per heavy atom. The predicted octanol–water partition coefficient (Wildman–Crippen LogP) is 3.33. The van der Waals surface area contributed by atoms with Gasteiger partial charge in [-0.3, -0.25) is 9.59 Å². The van der Waals surface area contributed by atoms with Crippen molar-refractivity contribution in [3.63, 3.8) is 0 Å². The van der Waals surface area contributed by atoms with Gasteiger partial charge in [-0.25, -0.2) is 4.98 Å². The van der Waals surface area contributed by atoms with Crippen LogP contribution < -0.4 is 21.3 Å². The van der Waals surface area contributed by atoms with Crippen LogP contribution in [0.2, 0.25) is 5.02 Å². The summed E-state index contributed by atoms with van der Waals surface area (Å²) in [4.78, 5) is 33.9. The zero-order valence-electron chi connectivity index (χ0n) is 21.1. The van der Waals surface area contributed by atoms with Crippen LogP contribution in [0.25, 0.3) is 11.6 Å². The van der Waals surface area contributed by atoms with E-state index < -0.39 is 35.2 Å². The molecule has 1 aliphatic carbocycles. The highest BCUT2D eigenvalue weighted by atomic mass is 35.5. The fraction of sp³-hybridized carbons (Fsp3) is 0.296. The SMILES string of the molecule is COCCOCc1nc2c([nH]1)=CC(NC(=O)c1ccccc1C(F)(F)F)CC=2C(=O)Nc1cccc(Cl)c1C. The molecule has 1 aromatic heterocycles. The summed E-state index contributed by atoms with van der Waals surface area (Å²) < 4.78 is 50.9. The molecule has 3 aromatic rings. The standard InChI is InChI=1S/C27H26ClF3N4O4/c1-15-20(28)8-5-9-21(15)34-26(37)18-12-16(13-22-24(18)35-23(33-22)14-39-11-10-38-2)32-25(36)17-6-3-4-7-19(17)27(29,30)31/h3-9,13,16H,10-12,14H2,1-2H3,(H,32,36)(H,33,35)(H,34,37). The molecule has 0 saturated carbocycles. The van der Waals surface area contributed by atoms with Crippen LogP contribution in [0, 0.1) is 6.92 Å². The average molecular weight is 563 g/mol. The quantitative estimate of drug-likeness (QED) is 0.347. The second-order valence-electron chi connectivity index (χ2n) is 8.83. The number of aromatic nitrogens is 2. The fourth-order valence-corrected chi connectivity index (χ4v) is 4.33. The molecule has 1 unspecified atom stereocenters. The van der Waals surface area contributed by atoms with E-state index in [0.29, 0.717) is 46.0 Å².